The average molecular weight is 150 g/mol. The molecule has 9 heavy (non-hydrogen) atoms. The first kappa shape index (κ1) is 9.11. The van der Waals surface area contributed by atoms with Crippen LogP contribution in [0, 0.1) is 5.16 Å². The minimum absolute atomic E-state index is 1.74. The summed E-state index contributed by atoms with van der Waals surface area (Å²) in [5.41, 5.74) is 5.63. The van der Waals surface area contributed by atoms with Crippen LogP contribution in [0.25, 0.3) is 0 Å². The van der Waals surface area contributed by atoms with Crippen LogP contribution in [0.15, 0.2) is 0 Å². The molecule has 0 saturated heterocycles. The Bertz CT molecular complexity index is 119. The van der Waals surface area contributed by atoms with Crippen LogP contribution in [0.5, 0.6) is 0 Å². The van der Waals surface area contributed by atoms with Gasteiger partial charge in [0.1, 0.15) is 0 Å². The van der Waals surface area contributed by atoms with Crippen molar-refractivity contribution >= 4 is 7.51 Å². The molecule has 3 N–H and O–H groups in total. The first-order valence-corrected chi connectivity index (χ1v) is 4.43. The van der Waals surface area contributed by atoms with Crippen molar-refractivity contribution in [3.05, 3.63) is 0 Å². The molecule has 0 aromatic heterocycles. The fourth-order valence-electron chi connectivity index (χ4n) is 0.358. The summed E-state index contributed by atoms with van der Waals surface area (Å²) in [6.45, 7) is 0. The van der Waals surface area contributed by atoms with E-state index in [0.717, 1.165) is 0 Å². The van der Waals surface area contributed by atoms with Crippen molar-refractivity contribution in [1.82, 2.24) is 9.34 Å². The Balaban J connectivity index is 4.21. The second-order valence-electron chi connectivity index (χ2n) is 2.34. The maximum absolute atomic E-state index is 7.58. The monoisotopic (exact) mass is 150 g/mol. The Morgan fingerprint density at radius 2 is 1.33 bits per heavy atom. The van der Waals surface area contributed by atoms with Gasteiger partial charge >= 0.3 is 0 Å². The summed E-state index contributed by atoms with van der Waals surface area (Å²) in [7, 11) is 5.11. The molecule has 0 unspecified atom stereocenters. The standard InChI is InChI=1S/C4H15N4P/c1-7(2)9(5,6)8(3)4/h1-4H3,(H3,5,6). The largest absolute Gasteiger partial charge is 0.277 e. The number of hydrogen-bond acceptors (Lipinski definition) is 1. The highest BCUT2D eigenvalue weighted by molar-refractivity contribution is 7.57. The molecule has 0 fully saturated rings. The Hall–Kier alpha value is 0.110. The quantitative estimate of drug-likeness (QED) is 0.566. The lowest BCUT2D eigenvalue weighted by atomic mass is 11.3. The normalized spacial score (nSPS) is 13.2. The summed E-state index contributed by atoms with van der Waals surface area (Å²) in [6.07, 6.45) is 0. The Kier molecular flexibility index (Phi) is 2.83. The van der Waals surface area contributed by atoms with E-state index in [1.54, 1.807) is 9.34 Å². The Morgan fingerprint density at radius 1 is 1.11 bits per heavy atom. The zero-order valence-electron chi connectivity index (χ0n) is 6.42. The summed E-state index contributed by atoms with van der Waals surface area (Å²) in [4.78, 5) is 0. The van der Waals surface area contributed by atoms with Crippen LogP contribution < -0.4 is 5.50 Å². The molecule has 0 spiro atoms. The zero-order valence-corrected chi connectivity index (χ0v) is 7.31. The van der Waals surface area contributed by atoms with Crippen LogP contribution in [0.4, 0.5) is 0 Å². The van der Waals surface area contributed by atoms with Gasteiger partial charge in [-0.05, 0) is 28.2 Å². The average Bonchev–Trinajstić information content (AvgIpc) is 1.65. The molecule has 0 aliphatic carbocycles. The van der Waals surface area contributed by atoms with E-state index in [1.807, 2.05) is 28.2 Å². The number of rotatable bonds is 2. The van der Waals surface area contributed by atoms with Crippen LogP contribution in [-0.2, 0) is 0 Å². The van der Waals surface area contributed by atoms with Crippen LogP contribution in [0.2, 0.25) is 0 Å². The highest BCUT2D eigenvalue weighted by atomic mass is 31.2. The molecule has 0 rings (SSSR count). The van der Waals surface area contributed by atoms with E-state index in [4.69, 9.17) is 10.7 Å². The fraction of sp³-hybridized carbons (Fsp3) is 1.00. The lowest BCUT2D eigenvalue weighted by Crippen LogP contribution is -2.25. The van der Waals surface area contributed by atoms with E-state index in [9.17, 15) is 0 Å². The molecule has 0 aromatic carbocycles. The van der Waals surface area contributed by atoms with Gasteiger partial charge in [0.2, 0.25) is 0 Å². The van der Waals surface area contributed by atoms with Crippen molar-refractivity contribution in [3.8, 4) is 0 Å². The zero-order chi connectivity index (χ0) is 7.65. The Morgan fingerprint density at radius 3 is 1.33 bits per heavy atom. The van der Waals surface area contributed by atoms with Crippen LogP contribution in [0.3, 0.4) is 0 Å². The summed E-state index contributed by atoms with van der Waals surface area (Å²) in [6, 6.07) is 0. The fourth-order valence-corrected chi connectivity index (χ4v) is 1.07. The van der Waals surface area contributed by atoms with E-state index in [2.05, 4.69) is 0 Å². The molecule has 0 heterocycles. The SMILES string of the molecule is CN(C)P(=N)(N)N(C)C. The first-order chi connectivity index (χ1) is 3.89. The van der Waals surface area contributed by atoms with E-state index in [0.29, 0.717) is 0 Å². The molecular weight excluding hydrogens is 135 g/mol. The van der Waals surface area contributed by atoms with Gasteiger partial charge in [-0.1, -0.05) is 0 Å². The molecule has 0 bridgehead atoms. The highest BCUT2D eigenvalue weighted by Gasteiger charge is 2.15. The molecule has 0 aromatic rings. The van der Waals surface area contributed by atoms with Crippen LogP contribution in [-0.4, -0.2) is 37.5 Å². The second kappa shape index (κ2) is 2.80. The van der Waals surface area contributed by atoms with Gasteiger partial charge in [-0.2, -0.15) is 0 Å². The predicted octanol–water partition coefficient (Wildman–Crippen LogP) is 0.593. The molecule has 0 aliphatic rings. The van der Waals surface area contributed by atoms with Crippen molar-refractivity contribution in [2.45, 2.75) is 0 Å². The maximum Gasteiger partial charge on any atom is 0.158 e. The third-order valence-corrected chi connectivity index (χ3v) is 3.66. The number of nitrogens with two attached hydrogens (primary N) is 1. The van der Waals surface area contributed by atoms with Gasteiger partial charge < -0.3 is 0 Å². The minimum atomic E-state index is -2.17. The third kappa shape index (κ3) is 2.06. The second-order valence-corrected chi connectivity index (χ2v) is 5.24. The molecule has 5 heteroatoms. The summed E-state index contributed by atoms with van der Waals surface area (Å²) >= 11 is 0. The van der Waals surface area contributed by atoms with Crippen molar-refractivity contribution in [2.75, 3.05) is 28.2 Å². The van der Waals surface area contributed by atoms with Gasteiger partial charge in [0, 0.05) is 0 Å². The van der Waals surface area contributed by atoms with E-state index in [-0.39, 0.29) is 0 Å². The molecule has 0 saturated carbocycles. The summed E-state index contributed by atoms with van der Waals surface area (Å²) in [5.74, 6) is 0. The molecule has 56 valence electrons. The van der Waals surface area contributed by atoms with Gasteiger partial charge in [0.05, 0.1) is 0 Å². The van der Waals surface area contributed by atoms with E-state index in [1.165, 1.54) is 0 Å². The number of hydrogen-bond donors (Lipinski definition) is 2. The molecular formula is C4H15N4P. The van der Waals surface area contributed by atoms with Crippen LogP contribution >= 0.6 is 7.51 Å². The number of nitrogens with zero attached hydrogens (tertiary/aromatic N) is 2. The van der Waals surface area contributed by atoms with Crippen LogP contribution in [0.1, 0.15) is 0 Å². The summed E-state index contributed by atoms with van der Waals surface area (Å²) in [5, 5.41) is 7.58. The highest BCUT2D eigenvalue weighted by Crippen LogP contribution is 2.40. The topological polar surface area (TPSA) is 56.4 Å². The van der Waals surface area contributed by atoms with Gasteiger partial charge in [-0.25, -0.2) is 0 Å². The maximum atomic E-state index is 7.58. The lowest BCUT2D eigenvalue weighted by Gasteiger charge is -2.29. The van der Waals surface area contributed by atoms with E-state index >= 15 is 0 Å². The smallest absolute Gasteiger partial charge is 0.158 e. The van der Waals surface area contributed by atoms with Crippen molar-refractivity contribution in [3.63, 3.8) is 0 Å². The van der Waals surface area contributed by atoms with Gasteiger partial charge in [0.25, 0.3) is 0 Å². The van der Waals surface area contributed by atoms with Crippen molar-refractivity contribution in [2.24, 2.45) is 5.50 Å². The van der Waals surface area contributed by atoms with Gasteiger partial charge in [-0.15, -0.1) is 0 Å². The number of nitrogens with one attached hydrogen (secondary N) is 1. The van der Waals surface area contributed by atoms with Gasteiger partial charge in [-0.3, -0.25) is 20.0 Å². The minimum Gasteiger partial charge on any atom is -0.277 e. The van der Waals surface area contributed by atoms with Gasteiger partial charge in [0.15, 0.2) is 7.51 Å². The lowest BCUT2D eigenvalue weighted by molar-refractivity contribution is 0.557. The Labute approximate surface area is 56.6 Å². The third-order valence-electron chi connectivity index (χ3n) is 1.22. The molecule has 0 atom stereocenters. The predicted molar refractivity (Wildman–Crippen MR) is 41.2 cm³/mol. The van der Waals surface area contributed by atoms with Crippen molar-refractivity contribution in [1.29, 1.82) is 5.16 Å². The summed E-state index contributed by atoms with van der Waals surface area (Å²) < 4.78 is 3.49. The molecule has 0 amide bonds. The molecule has 0 aliphatic heterocycles. The van der Waals surface area contributed by atoms with Crippen molar-refractivity contribution < 1.29 is 0 Å². The first-order valence-electron chi connectivity index (χ1n) is 2.67. The molecule has 0 radical (unpaired) electrons. The van der Waals surface area contributed by atoms with E-state index < -0.39 is 7.51 Å². The molecule has 4 nitrogen and oxygen atoms in total.